The van der Waals surface area contributed by atoms with Crippen LogP contribution in [0.4, 0.5) is 5.13 Å². The average Bonchev–Trinajstić information content (AvgIpc) is 3.58. The Balaban J connectivity index is 1.48. The van der Waals surface area contributed by atoms with Gasteiger partial charge in [-0.3, -0.25) is 14.5 Å². The molecule has 1 amide bonds. The second-order valence-corrected chi connectivity index (χ2v) is 10.8. The van der Waals surface area contributed by atoms with Crippen LogP contribution < -0.4 is 19.1 Å². The van der Waals surface area contributed by atoms with E-state index >= 15 is 0 Å². The highest BCUT2D eigenvalue weighted by molar-refractivity contribution is 7.22. The van der Waals surface area contributed by atoms with Gasteiger partial charge in [0.05, 0.1) is 35.5 Å². The second kappa shape index (κ2) is 12.0. The number of Topliss-reactive ketones (excluding diaryl/α,β-unsaturated/α-hetero) is 1. The van der Waals surface area contributed by atoms with E-state index in [1.165, 1.54) is 16.2 Å². The van der Waals surface area contributed by atoms with Crippen molar-refractivity contribution in [1.82, 2.24) is 4.98 Å². The van der Waals surface area contributed by atoms with Crippen molar-refractivity contribution in [2.75, 3.05) is 18.6 Å². The Hall–Kier alpha value is -5.15. The zero-order valence-electron chi connectivity index (χ0n) is 23.5. The highest BCUT2D eigenvalue weighted by atomic mass is 32.1. The third-order valence-corrected chi connectivity index (χ3v) is 8.12. The van der Waals surface area contributed by atoms with Gasteiger partial charge in [0.2, 0.25) is 0 Å². The summed E-state index contributed by atoms with van der Waals surface area (Å²) < 4.78 is 18.2. The molecule has 0 aliphatic carbocycles. The van der Waals surface area contributed by atoms with Gasteiger partial charge in [-0.2, -0.15) is 0 Å². The minimum Gasteiger partial charge on any atom is -0.507 e. The fourth-order valence-electron chi connectivity index (χ4n) is 5.04. The van der Waals surface area contributed by atoms with E-state index in [2.05, 4.69) is 0 Å². The number of ether oxygens (including phenoxy) is 3. The molecule has 1 aliphatic rings. The van der Waals surface area contributed by atoms with Crippen molar-refractivity contribution >= 4 is 44.1 Å². The van der Waals surface area contributed by atoms with E-state index in [9.17, 15) is 14.7 Å². The number of hydrogen-bond acceptors (Lipinski definition) is 8. The number of ketones is 1. The van der Waals surface area contributed by atoms with Gasteiger partial charge in [0.15, 0.2) is 16.6 Å². The molecule has 1 aromatic heterocycles. The van der Waals surface area contributed by atoms with Crippen molar-refractivity contribution in [1.29, 1.82) is 0 Å². The first kappa shape index (κ1) is 28.0. The van der Waals surface area contributed by atoms with Crippen molar-refractivity contribution in [3.63, 3.8) is 0 Å². The van der Waals surface area contributed by atoms with Gasteiger partial charge in [0.1, 0.15) is 18.1 Å². The van der Waals surface area contributed by atoms with Crippen LogP contribution in [-0.4, -0.2) is 35.5 Å². The monoisotopic (exact) mass is 592 g/mol. The number of nitrogens with zero attached hydrogens (tertiary/aromatic N) is 2. The fourth-order valence-corrected chi connectivity index (χ4v) is 6.06. The topological polar surface area (TPSA) is 98.2 Å². The Morgan fingerprint density at radius 3 is 2.37 bits per heavy atom. The molecular formula is C34H28N2O6S. The molecule has 0 bridgehead atoms. The molecule has 5 aromatic rings. The molecule has 1 N–H and O–H groups in total. The highest BCUT2D eigenvalue weighted by Gasteiger charge is 2.48. The smallest absolute Gasteiger partial charge is 0.301 e. The Kier molecular flexibility index (Phi) is 7.81. The number of methoxy groups -OCH3 is 1. The lowest BCUT2D eigenvalue weighted by Crippen LogP contribution is -2.29. The molecule has 6 rings (SSSR count). The molecule has 216 valence electrons. The first-order valence-corrected chi connectivity index (χ1v) is 14.5. The summed E-state index contributed by atoms with van der Waals surface area (Å²) in [5, 5.41) is 11.8. The molecule has 9 heteroatoms. The Morgan fingerprint density at radius 1 is 0.907 bits per heavy atom. The number of anilines is 1. The molecule has 1 aliphatic heterocycles. The number of rotatable bonds is 9. The molecule has 1 saturated heterocycles. The summed E-state index contributed by atoms with van der Waals surface area (Å²) in [6.45, 7) is 2.57. The van der Waals surface area contributed by atoms with Crippen LogP contribution in [0.1, 0.15) is 29.7 Å². The van der Waals surface area contributed by atoms with E-state index in [4.69, 9.17) is 19.2 Å². The average molecular weight is 593 g/mol. The lowest BCUT2D eigenvalue weighted by atomic mass is 9.95. The number of amides is 1. The standard InChI is InChI=1S/C34H28N2O6S/c1-3-41-27-18-23(14-17-26(27)42-20-21-10-6-4-7-11-21)30-29(31(37)22-12-8-5-9-13-22)32(38)33(39)36(30)34-35-25-16-15-24(40-2)19-28(25)43-34/h4-19,30,37H,3,20H2,1-2H3/b31-29+. The zero-order chi connectivity index (χ0) is 29.9. The van der Waals surface area contributed by atoms with Crippen LogP contribution in [-0.2, 0) is 16.2 Å². The van der Waals surface area contributed by atoms with Crippen LogP contribution in [0.3, 0.4) is 0 Å². The number of aliphatic hydroxyl groups is 1. The number of hydrogen-bond donors (Lipinski definition) is 1. The third-order valence-electron chi connectivity index (χ3n) is 7.10. The van der Waals surface area contributed by atoms with Crippen LogP contribution in [0.5, 0.6) is 17.2 Å². The van der Waals surface area contributed by atoms with Gasteiger partial charge >= 0.3 is 5.91 Å². The van der Waals surface area contributed by atoms with Gasteiger partial charge in [-0.05, 0) is 48.4 Å². The number of fused-ring (bicyclic) bond motifs is 1. The maximum absolute atomic E-state index is 13.7. The van der Waals surface area contributed by atoms with Gasteiger partial charge in [-0.25, -0.2) is 4.98 Å². The number of thiazole rings is 1. The van der Waals surface area contributed by atoms with E-state index in [0.717, 1.165) is 10.3 Å². The zero-order valence-corrected chi connectivity index (χ0v) is 24.3. The Labute approximate surface area is 252 Å². The van der Waals surface area contributed by atoms with E-state index in [1.54, 1.807) is 61.7 Å². The van der Waals surface area contributed by atoms with Crippen LogP contribution >= 0.6 is 11.3 Å². The Bertz CT molecular complexity index is 1830. The summed E-state index contributed by atoms with van der Waals surface area (Å²) in [5.74, 6) is -0.229. The molecule has 4 aromatic carbocycles. The van der Waals surface area contributed by atoms with Crippen molar-refractivity contribution < 1.29 is 28.9 Å². The maximum Gasteiger partial charge on any atom is 0.301 e. The predicted octanol–water partition coefficient (Wildman–Crippen LogP) is 6.91. The van der Waals surface area contributed by atoms with Gasteiger partial charge in [0, 0.05) is 5.56 Å². The SMILES string of the molecule is CCOc1cc(C2/C(=C(\O)c3ccccc3)C(=O)C(=O)N2c2nc3ccc(OC)cc3s2)ccc1OCc1ccccc1. The highest BCUT2D eigenvalue weighted by Crippen LogP contribution is 2.46. The maximum atomic E-state index is 13.7. The normalized spacial score (nSPS) is 16.0. The summed E-state index contributed by atoms with van der Waals surface area (Å²) in [5.41, 5.74) is 2.60. The molecule has 2 heterocycles. The van der Waals surface area contributed by atoms with Gasteiger partial charge in [-0.15, -0.1) is 0 Å². The van der Waals surface area contributed by atoms with Gasteiger partial charge in [0.25, 0.3) is 5.78 Å². The summed E-state index contributed by atoms with van der Waals surface area (Å²) in [6.07, 6.45) is 0. The Morgan fingerprint density at radius 2 is 1.65 bits per heavy atom. The fraction of sp³-hybridized carbons (Fsp3) is 0.147. The van der Waals surface area contributed by atoms with E-state index in [1.807, 2.05) is 49.4 Å². The summed E-state index contributed by atoms with van der Waals surface area (Å²) in [7, 11) is 1.58. The number of carbonyl (C=O) groups is 2. The van der Waals surface area contributed by atoms with Crippen LogP contribution in [0.15, 0.2) is 103 Å². The first-order valence-electron chi connectivity index (χ1n) is 13.7. The van der Waals surface area contributed by atoms with Crippen molar-refractivity contribution in [2.45, 2.75) is 19.6 Å². The third kappa shape index (κ3) is 5.42. The first-order chi connectivity index (χ1) is 21.0. The summed E-state index contributed by atoms with van der Waals surface area (Å²) in [4.78, 5) is 33.4. The van der Waals surface area contributed by atoms with E-state index in [-0.39, 0.29) is 11.3 Å². The number of carbonyl (C=O) groups excluding carboxylic acids is 2. The number of aliphatic hydroxyl groups excluding tert-OH is 1. The quantitative estimate of drug-likeness (QED) is 0.113. The molecule has 0 spiro atoms. The molecule has 8 nitrogen and oxygen atoms in total. The van der Waals surface area contributed by atoms with Gasteiger partial charge in [-0.1, -0.05) is 78.1 Å². The minimum atomic E-state index is -0.968. The lowest BCUT2D eigenvalue weighted by molar-refractivity contribution is -0.132. The van der Waals surface area contributed by atoms with Crippen LogP contribution in [0.25, 0.3) is 16.0 Å². The van der Waals surface area contributed by atoms with Crippen LogP contribution in [0.2, 0.25) is 0 Å². The predicted molar refractivity (Wildman–Crippen MR) is 166 cm³/mol. The summed E-state index contributed by atoms with van der Waals surface area (Å²) >= 11 is 1.26. The largest absolute Gasteiger partial charge is 0.507 e. The van der Waals surface area contributed by atoms with Crippen LogP contribution in [0, 0.1) is 0 Å². The van der Waals surface area contributed by atoms with Crippen molar-refractivity contribution in [3.05, 3.63) is 119 Å². The minimum absolute atomic E-state index is 0.0339. The number of aromatic nitrogens is 1. The molecule has 1 atom stereocenters. The number of benzene rings is 4. The molecular weight excluding hydrogens is 564 g/mol. The molecule has 1 fully saturated rings. The molecule has 0 saturated carbocycles. The molecule has 43 heavy (non-hydrogen) atoms. The summed E-state index contributed by atoms with van der Waals surface area (Å²) in [6, 6.07) is 28.2. The second-order valence-electron chi connectivity index (χ2n) is 9.78. The van der Waals surface area contributed by atoms with Crippen molar-refractivity contribution in [3.8, 4) is 17.2 Å². The van der Waals surface area contributed by atoms with E-state index < -0.39 is 17.7 Å². The lowest BCUT2D eigenvalue weighted by Gasteiger charge is -2.24. The van der Waals surface area contributed by atoms with Gasteiger partial charge < -0.3 is 19.3 Å². The molecule has 0 radical (unpaired) electrons. The van der Waals surface area contributed by atoms with Crippen molar-refractivity contribution in [2.24, 2.45) is 0 Å². The van der Waals surface area contributed by atoms with E-state index in [0.29, 0.717) is 52.2 Å². The molecule has 1 unspecified atom stereocenters.